The van der Waals surface area contributed by atoms with Gasteiger partial charge in [-0.25, -0.2) is 4.98 Å². The molecule has 0 aromatic carbocycles. The third kappa shape index (κ3) is 3.88. The van der Waals surface area contributed by atoms with Crippen molar-refractivity contribution >= 4 is 0 Å². The van der Waals surface area contributed by atoms with Crippen LogP contribution < -0.4 is 4.74 Å². The number of aryl methyl sites for hydroxylation is 1. The predicted molar refractivity (Wildman–Crippen MR) is 59.9 cm³/mol. The quantitative estimate of drug-likeness (QED) is 0.830. The van der Waals surface area contributed by atoms with E-state index in [1.165, 1.54) is 0 Å². The maximum atomic E-state index is 9.10. The van der Waals surface area contributed by atoms with Crippen LogP contribution in [0.5, 0.6) is 5.88 Å². The largest absolute Gasteiger partial charge is 0.472 e. The molecule has 0 saturated carbocycles. The lowest BCUT2D eigenvalue weighted by atomic mass is 10.2. The maximum absolute atomic E-state index is 9.10. The second kappa shape index (κ2) is 4.62. The molecule has 0 radical (unpaired) electrons. The number of hydrogen-bond donors (Lipinski definition) is 1. The lowest BCUT2D eigenvalue weighted by Crippen LogP contribution is -2.23. The number of rotatable bonds is 3. The number of nitrogens with zero attached hydrogens (tertiary/aromatic N) is 1. The first kappa shape index (κ1) is 12.0. The van der Waals surface area contributed by atoms with Gasteiger partial charge >= 0.3 is 0 Å². The molecule has 0 unspecified atom stereocenters. The van der Waals surface area contributed by atoms with E-state index < -0.39 is 0 Å². The average molecular weight is 209 g/mol. The van der Waals surface area contributed by atoms with Gasteiger partial charge in [0.25, 0.3) is 0 Å². The van der Waals surface area contributed by atoms with E-state index in [9.17, 15) is 0 Å². The summed E-state index contributed by atoms with van der Waals surface area (Å²) in [4.78, 5) is 4.35. The van der Waals surface area contributed by atoms with Gasteiger partial charge in [-0.3, -0.25) is 0 Å². The molecule has 0 spiro atoms. The standard InChI is InChI=1S/C12H19NO2/c1-5-10-6-9(8-14)7-11(13-10)15-12(2,3)4/h6-7,14H,5,8H2,1-4H3. The van der Waals surface area contributed by atoms with Crippen LogP contribution in [-0.2, 0) is 13.0 Å². The summed E-state index contributed by atoms with van der Waals surface area (Å²) < 4.78 is 5.66. The first-order valence-corrected chi connectivity index (χ1v) is 5.24. The maximum Gasteiger partial charge on any atom is 0.214 e. The highest BCUT2D eigenvalue weighted by molar-refractivity contribution is 5.25. The first-order chi connectivity index (χ1) is 6.94. The Balaban J connectivity index is 2.97. The van der Waals surface area contributed by atoms with E-state index in [1.807, 2.05) is 33.8 Å². The molecule has 0 aliphatic rings. The van der Waals surface area contributed by atoms with E-state index in [1.54, 1.807) is 6.07 Å². The minimum atomic E-state index is -0.258. The molecule has 0 atom stereocenters. The van der Waals surface area contributed by atoms with Crippen LogP contribution in [0, 0.1) is 0 Å². The Morgan fingerprint density at radius 3 is 2.47 bits per heavy atom. The molecule has 0 bridgehead atoms. The molecule has 1 N–H and O–H groups in total. The number of aromatic nitrogens is 1. The molecule has 15 heavy (non-hydrogen) atoms. The Kier molecular flexibility index (Phi) is 3.69. The Bertz CT molecular complexity index is 307. The summed E-state index contributed by atoms with van der Waals surface area (Å²) in [6.07, 6.45) is 0.842. The molecule has 0 aliphatic carbocycles. The Labute approximate surface area is 91.1 Å². The Morgan fingerprint density at radius 1 is 1.33 bits per heavy atom. The van der Waals surface area contributed by atoms with Gasteiger partial charge in [-0.15, -0.1) is 0 Å². The van der Waals surface area contributed by atoms with Gasteiger partial charge in [-0.2, -0.15) is 0 Å². The lowest BCUT2D eigenvalue weighted by Gasteiger charge is -2.21. The fourth-order valence-electron chi connectivity index (χ4n) is 1.26. The molecule has 0 saturated heterocycles. The zero-order valence-corrected chi connectivity index (χ0v) is 9.87. The third-order valence-electron chi connectivity index (χ3n) is 1.87. The number of hydrogen-bond acceptors (Lipinski definition) is 3. The van der Waals surface area contributed by atoms with Gasteiger partial charge in [0.2, 0.25) is 5.88 Å². The van der Waals surface area contributed by atoms with Crippen LogP contribution in [0.3, 0.4) is 0 Å². The van der Waals surface area contributed by atoms with Crippen LogP contribution in [0.4, 0.5) is 0 Å². The van der Waals surface area contributed by atoms with Gasteiger partial charge in [-0.1, -0.05) is 6.92 Å². The monoisotopic (exact) mass is 209 g/mol. The second-order valence-electron chi connectivity index (χ2n) is 4.53. The molecule has 1 rings (SSSR count). The smallest absolute Gasteiger partial charge is 0.214 e. The number of aliphatic hydroxyl groups excluding tert-OH is 1. The molecule has 1 heterocycles. The van der Waals surface area contributed by atoms with Gasteiger partial charge in [0.15, 0.2) is 0 Å². The highest BCUT2D eigenvalue weighted by Gasteiger charge is 2.13. The van der Waals surface area contributed by atoms with Crippen molar-refractivity contribution in [1.82, 2.24) is 4.98 Å². The van der Waals surface area contributed by atoms with Gasteiger partial charge < -0.3 is 9.84 Å². The van der Waals surface area contributed by atoms with Crippen LogP contribution in [0.25, 0.3) is 0 Å². The minimum absolute atomic E-state index is 0.0238. The summed E-state index contributed by atoms with van der Waals surface area (Å²) in [5.41, 5.74) is 1.54. The summed E-state index contributed by atoms with van der Waals surface area (Å²) in [6, 6.07) is 3.68. The summed E-state index contributed by atoms with van der Waals surface area (Å²) in [7, 11) is 0. The van der Waals surface area contributed by atoms with Crippen molar-refractivity contribution < 1.29 is 9.84 Å². The van der Waals surface area contributed by atoms with Crippen molar-refractivity contribution in [2.75, 3.05) is 0 Å². The predicted octanol–water partition coefficient (Wildman–Crippen LogP) is 2.31. The summed E-state index contributed by atoms with van der Waals surface area (Å²) in [5, 5.41) is 9.10. The average Bonchev–Trinajstić information content (AvgIpc) is 2.14. The number of ether oxygens (including phenoxy) is 1. The van der Waals surface area contributed by atoms with E-state index in [4.69, 9.17) is 9.84 Å². The van der Waals surface area contributed by atoms with Gasteiger partial charge in [0, 0.05) is 11.8 Å². The fourth-order valence-corrected chi connectivity index (χ4v) is 1.26. The van der Waals surface area contributed by atoms with Gasteiger partial charge in [0.05, 0.1) is 6.61 Å². The molecule has 0 amide bonds. The molecular weight excluding hydrogens is 190 g/mol. The minimum Gasteiger partial charge on any atom is -0.472 e. The Morgan fingerprint density at radius 2 is 2.00 bits per heavy atom. The topological polar surface area (TPSA) is 42.4 Å². The van der Waals surface area contributed by atoms with Gasteiger partial charge in [0.1, 0.15) is 5.60 Å². The van der Waals surface area contributed by atoms with Gasteiger partial charge in [-0.05, 0) is 38.8 Å². The first-order valence-electron chi connectivity index (χ1n) is 5.24. The molecule has 3 heteroatoms. The normalized spacial score (nSPS) is 11.5. The van der Waals surface area contributed by atoms with E-state index >= 15 is 0 Å². The second-order valence-corrected chi connectivity index (χ2v) is 4.53. The van der Waals surface area contributed by atoms with E-state index in [-0.39, 0.29) is 12.2 Å². The summed E-state index contributed by atoms with van der Waals surface area (Å²) in [5.74, 6) is 0.589. The van der Waals surface area contributed by atoms with Crippen LogP contribution in [0.1, 0.15) is 39.0 Å². The Hall–Kier alpha value is -1.09. The zero-order valence-electron chi connectivity index (χ0n) is 9.87. The molecule has 1 aromatic heterocycles. The molecule has 0 aliphatic heterocycles. The molecule has 0 fully saturated rings. The molecular formula is C12H19NO2. The lowest BCUT2D eigenvalue weighted by molar-refractivity contribution is 0.123. The van der Waals surface area contributed by atoms with Crippen molar-refractivity contribution in [2.24, 2.45) is 0 Å². The SMILES string of the molecule is CCc1cc(CO)cc(OC(C)(C)C)n1. The van der Waals surface area contributed by atoms with Crippen molar-refractivity contribution in [3.63, 3.8) is 0 Å². The number of pyridine rings is 1. The van der Waals surface area contributed by atoms with Crippen LogP contribution in [0.15, 0.2) is 12.1 Å². The van der Waals surface area contributed by atoms with E-state index in [2.05, 4.69) is 4.98 Å². The molecule has 3 nitrogen and oxygen atoms in total. The van der Waals surface area contributed by atoms with Crippen molar-refractivity contribution in [3.05, 3.63) is 23.4 Å². The van der Waals surface area contributed by atoms with Crippen LogP contribution in [-0.4, -0.2) is 15.7 Å². The highest BCUT2D eigenvalue weighted by atomic mass is 16.5. The third-order valence-corrected chi connectivity index (χ3v) is 1.87. The molecule has 1 aromatic rings. The van der Waals surface area contributed by atoms with Crippen molar-refractivity contribution in [1.29, 1.82) is 0 Å². The molecule has 84 valence electrons. The van der Waals surface area contributed by atoms with E-state index in [0.29, 0.717) is 5.88 Å². The van der Waals surface area contributed by atoms with Crippen LogP contribution in [0.2, 0.25) is 0 Å². The fraction of sp³-hybridized carbons (Fsp3) is 0.583. The van der Waals surface area contributed by atoms with E-state index in [0.717, 1.165) is 17.7 Å². The summed E-state index contributed by atoms with van der Waals surface area (Å²) >= 11 is 0. The van der Waals surface area contributed by atoms with Crippen molar-refractivity contribution in [2.45, 2.75) is 46.3 Å². The van der Waals surface area contributed by atoms with Crippen molar-refractivity contribution in [3.8, 4) is 5.88 Å². The number of aliphatic hydroxyl groups is 1. The highest BCUT2D eigenvalue weighted by Crippen LogP contribution is 2.18. The summed E-state index contributed by atoms with van der Waals surface area (Å²) in [6.45, 7) is 7.99. The zero-order chi connectivity index (χ0) is 11.5. The van der Waals surface area contributed by atoms with Crippen LogP contribution >= 0.6 is 0 Å².